The van der Waals surface area contributed by atoms with Gasteiger partial charge >= 0.3 is 0 Å². The van der Waals surface area contributed by atoms with Crippen LogP contribution in [0.15, 0.2) is 59.4 Å². The average molecular weight is 505 g/mol. The number of benzene rings is 2. The third-order valence-electron chi connectivity index (χ3n) is 6.94. The Kier molecular flexibility index (Phi) is 6.88. The Morgan fingerprint density at radius 3 is 2.57 bits per heavy atom. The van der Waals surface area contributed by atoms with Crippen molar-refractivity contribution in [2.75, 3.05) is 31.5 Å². The van der Waals surface area contributed by atoms with Gasteiger partial charge in [-0.2, -0.15) is 14.9 Å². The van der Waals surface area contributed by atoms with Gasteiger partial charge in [-0.05, 0) is 49.8 Å². The van der Waals surface area contributed by atoms with Crippen LogP contribution in [-0.4, -0.2) is 50.6 Å². The fourth-order valence-electron chi connectivity index (χ4n) is 4.92. The highest BCUT2D eigenvalue weighted by Crippen LogP contribution is 2.39. The van der Waals surface area contributed by atoms with Crippen LogP contribution in [-0.2, 0) is 6.54 Å². The van der Waals surface area contributed by atoms with Crippen molar-refractivity contribution >= 4 is 5.82 Å². The van der Waals surface area contributed by atoms with Gasteiger partial charge in [0.1, 0.15) is 23.1 Å². The monoisotopic (exact) mass is 504 g/mol. The van der Waals surface area contributed by atoms with Gasteiger partial charge in [-0.1, -0.05) is 32.0 Å². The number of nitrogens with zero attached hydrogens (tertiary/aromatic N) is 5. The molecule has 0 saturated carbocycles. The first-order valence-electron chi connectivity index (χ1n) is 12.6. The lowest BCUT2D eigenvalue weighted by molar-refractivity contribution is 0.235. The van der Waals surface area contributed by atoms with Crippen LogP contribution in [0.5, 0.6) is 0 Å². The zero-order valence-electron chi connectivity index (χ0n) is 21.2. The first-order chi connectivity index (χ1) is 17.9. The Labute approximate surface area is 214 Å². The molecule has 0 bridgehead atoms. The number of hydrogen-bond acceptors (Lipinski definition) is 5. The average Bonchev–Trinajstić information content (AvgIpc) is 3.26. The molecule has 0 aliphatic carbocycles. The Hall–Kier alpha value is -3.85. The van der Waals surface area contributed by atoms with Crippen LogP contribution in [0.3, 0.4) is 0 Å². The molecular formula is C28H30F2N6O. The summed E-state index contributed by atoms with van der Waals surface area (Å²) >= 11 is 0. The first kappa shape index (κ1) is 24.8. The maximum absolute atomic E-state index is 15.0. The number of hydrogen-bond donors (Lipinski definition) is 1. The lowest BCUT2D eigenvalue weighted by atomic mass is 10.0. The van der Waals surface area contributed by atoms with E-state index in [0.29, 0.717) is 40.9 Å². The van der Waals surface area contributed by atoms with Gasteiger partial charge < -0.3 is 10.2 Å². The Morgan fingerprint density at radius 2 is 1.84 bits per heavy atom. The summed E-state index contributed by atoms with van der Waals surface area (Å²) in [6, 6.07) is 14.0. The summed E-state index contributed by atoms with van der Waals surface area (Å²) in [5.74, 6) is -0.351. The molecule has 2 aromatic carbocycles. The molecule has 9 heteroatoms. The normalized spacial score (nSPS) is 15.0. The first-order valence-corrected chi connectivity index (χ1v) is 12.6. The van der Waals surface area contributed by atoms with E-state index in [4.69, 9.17) is 5.10 Å². The SMILES string of the molecule is CCN(CC)CC1CNc2c(-c3ccc(=O)n(-c4ccccc4C)n3)c(-c3ccc(F)cc3F)nn2C1. The number of aromatic nitrogens is 4. The molecule has 0 fully saturated rings. The maximum Gasteiger partial charge on any atom is 0.271 e. The molecule has 0 saturated heterocycles. The van der Waals surface area contributed by atoms with Gasteiger partial charge in [0.05, 0.1) is 16.9 Å². The van der Waals surface area contributed by atoms with Crippen molar-refractivity contribution in [1.29, 1.82) is 0 Å². The second-order valence-electron chi connectivity index (χ2n) is 9.37. The number of aryl methyl sites for hydroxylation is 1. The van der Waals surface area contributed by atoms with Crippen LogP contribution in [0.1, 0.15) is 19.4 Å². The Bertz CT molecular complexity index is 1490. The summed E-state index contributed by atoms with van der Waals surface area (Å²) < 4.78 is 31.9. The van der Waals surface area contributed by atoms with E-state index >= 15 is 4.39 Å². The molecule has 0 spiro atoms. The molecule has 2 aromatic heterocycles. The van der Waals surface area contributed by atoms with Gasteiger partial charge in [-0.3, -0.25) is 4.79 Å². The van der Waals surface area contributed by atoms with Crippen molar-refractivity contribution < 1.29 is 8.78 Å². The number of rotatable bonds is 7. The van der Waals surface area contributed by atoms with E-state index in [1.165, 1.54) is 22.9 Å². The molecule has 0 radical (unpaired) electrons. The summed E-state index contributed by atoms with van der Waals surface area (Å²) in [6.45, 7) is 10.4. The smallest absolute Gasteiger partial charge is 0.271 e. The molecular weight excluding hydrogens is 474 g/mol. The van der Waals surface area contributed by atoms with Crippen LogP contribution in [0.25, 0.3) is 28.2 Å². The van der Waals surface area contributed by atoms with Crippen molar-refractivity contribution in [1.82, 2.24) is 24.5 Å². The largest absolute Gasteiger partial charge is 0.369 e. The molecule has 192 valence electrons. The topological polar surface area (TPSA) is 68.0 Å². The lowest BCUT2D eigenvalue weighted by Crippen LogP contribution is -2.37. The molecule has 3 heterocycles. The standard InChI is InChI=1S/C28H30F2N6O/c1-4-34(5-2)16-19-15-31-28-26(27(33-35(28)17-19)21-11-10-20(29)14-22(21)30)23-12-13-25(37)36(32-23)24-9-7-6-8-18(24)3/h6-14,19,31H,4-5,15-17H2,1-3H3. The van der Waals surface area contributed by atoms with Crippen LogP contribution in [0.2, 0.25) is 0 Å². The van der Waals surface area contributed by atoms with E-state index in [1.54, 1.807) is 6.07 Å². The molecule has 1 N–H and O–H groups in total. The van der Waals surface area contributed by atoms with E-state index in [1.807, 2.05) is 35.9 Å². The number of para-hydroxylation sites is 1. The Balaban J connectivity index is 1.66. The van der Waals surface area contributed by atoms with Crippen LogP contribution in [0, 0.1) is 24.5 Å². The second-order valence-corrected chi connectivity index (χ2v) is 9.37. The zero-order chi connectivity index (χ0) is 26.1. The summed E-state index contributed by atoms with van der Waals surface area (Å²) in [7, 11) is 0. The van der Waals surface area contributed by atoms with E-state index in [2.05, 4.69) is 29.2 Å². The van der Waals surface area contributed by atoms with E-state index in [9.17, 15) is 9.18 Å². The minimum absolute atomic E-state index is 0.177. The second kappa shape index (κ2) is 10.3. The molecule has 7 nitrogen and oxygen atoms in total. The molecule has 0 amide bonds. The highest BCUT2D eigenvalue weighted by atomic mass is 19.1. The summed E-state index contributed by atoms with van der Waals surface area (Å²) in [6.07, 6.45) is 0. The molecule has 1 aliphatic rings. The van der Waals surface area contributed by atoms with Crippen molar-refractivity contribution in [3.63, 3.8) is 0 Å². The molecule has 1 atom stereocenters. The zero-order valence-corrected chi connectivity index (χ0v) is 21.2. The van der Waals surface area contributed by atoms with E-state index < -0.39 is 11.6 Å². The number of anilines is 1. The summed E-state index contributed by atoms with van der Waals surface area (Å²) in [5, 5.41) is 13.0. The predicted molar refractivity (Wildman–Crippen MR) is 141 cm³/mol. The molecule has 1 unspecified atom stereocenters. The van der Waals surface area contributed by atoms with Gasteiger partial charge in [0.25, 0.3) is 5.56 Å². The minimum atomic E-state index is -0.705. The number of halogens is 2. The van der Waals surface area contributed by atoms with Crippen LogP contribution in [0.4, 0.5) is 14.6 Å². The third-order valence-corrected chi connectivity index (χ3v) is 6.94. The lowest BCUT2D eigenvalue weighted by Gasteiger charge is -2.30. The fourth-order valence-corrected chi connectivity index (χ4v) is 4.92. The van der Waals surface area contributed by atoms with E-state index in [0.717, 1.165) is 37.8 Å². The van der Waals surface area contributed by atoms with Gasteiger partial charge in [0.2, 0.25) is 0 Å². The third kappa shape index (κ3) is 4.79. The van der Waals surface area contributed by atoms with Crippen molar-refractivity contribution in [3.05, 3.63) is 82.1 Å². The highest BCUT2D eigenvalue weighted by Gasteiger charge is 2.29. The molecule has 37 heavy (non-hydrogen) atoms. The van der Waals surface area contributed by atoms with Crippen LogP contribution < -0.4 is 10.9 Å². The predicted octanol–water partition coefficient (Wildman–Crippen LogP) is 4.73. The minimum Gasteiger partial charge on any atom is -0.369 e. The fraction of sp³-hybridized carbons (Fsp3) is 0.321. The van der Waals surface area contributed by atoms with Crippen molar-refractivity contribution in [3.8, 4) is 28.2 Å². The van der Waals surface area contributed by atoms with Crippen molar-refractivity contribution in [2.45, 2.75) is 27.3 Å². The van der Waals surface area contributed by atoms with E-state index in [-0.39, 0.29) is 11.1 Å². The highest BCUT2D eigenvalue weighted by molar-refractivity contribution is 5.87. The maximum atomic E-state index is 15.0. The molecule has 5 rings (SSSR count). The molecule has 1 aliphatic heterocycles. The van der Waals surface area contributed by atoms with Gasteiger partial charge in [0.15, 0.2) is 0 Å². The van der Waals surface area contributed by atoms with Crippen LogP contribution >= 0.6 is 0 Å². The van der Waals surface area contributed by atoms with Gasteiger partial charge in [0, 0.05) is 43.2 Å². The Morgan fingerprint density at radius 1 is 1.05 bits per heavy atom. The summed E-state index contributed by atoms with van der Waals surface area (Å²) in [5.41, 5.74) is 2.86. The molecule has 4 aromatic rings. The number of fused-ring (bicyclic) bond motifs is 1. The van der Waals surface area contributed by atoms with Crippen molar-refractivity contribution in [2.24, 2.45) is 5.92 Å². The summed E-state index contributed by atoms with van der Waals surface area (Å²) in [4.78, 5) is 15.2. The quantitative estimate of drug-likeness (QED) is 0.394. The van der Waals surface area contributed by atoms with Gasteiger partial charge in [-0.15, -0.1) is 0 Å². The number of nitrogens with one attached hydrogen (secondary N) is 1. The van der Waals surface area contributed by atoms with Gasteiger partial charge in [-0.25, -0.2) is 13.5 Å².